The molecule has 0 fully saturated rings. The Labute approximate surface area is 108 Å². The zero-order valence-electron chi connectivity index (χ0n) is 11.0. The van der Waals surface area contributed by atoms with Gasteiger partial charge in [0.1, 0.15) is 5.54 Å². The Morgan fingerprint density at radius 2 is 1.94 bits per heavy atom. The van der Waals surface area contributed by atoms with E-state index in [0.29, 0.717) is 25.8 Å². The number of aliphatic carboxylic acids is 1. The number of hydrazine groups is 1. The first-order chi connectivity index (χ1) is 8.46. The van der Waals surface area contributed by atoms with E-state index in [1.165, 1.54) is 0 Å². The lowest BCUT2D eigenvalue weighted by molar-refractivity contribution is -0.144. The summed E-state index contributed by atoms with van der Waals surface area (Å²) in [6.45, 7) is 2.48. The number of unbranched alkanes of at least 4 members (excludes halogenated alkanes) is 2. The Hall–Kier alpha value is -1.34. The van der Waals surface area contributed by atoms with E-state index < -0.39 is 11.5 Å². The number of carboxylic acid groups (broad SMARTS) is 1. The lowest BCUT2D eigenvalue weighted by Crippen LogP contribution is -2.48. The van der Waals surface area contributed by atoms with Crippen molar-refractivity contribution in [3.63, 3.8) is 0 Å². The van der Waals surface area contributed by atoms with Crippen LogP contribution in [0.15, 0.2) is 4.99 Å². The second-order valence-electron chi connectivity index (χ2n) is 4.43. The molecule has 7 heteroatoms. The van der Waals surface area contributed by atoms with Crippen molar-refractivity contribution < 1.29 is 9.90 Å². The number of nitrogens with two attached hydrogens (primary N) is 3. The van der Waals surface area contributed by atoms with E-state index in [1.807, 2.05) is 0 Å². The minimum Gasteiger partial charge on any atom is -0.480 e. The topological polar surface area (TPSA) is 140 Å². The molecule has 0 saturated heterocycles. The van der Waals surface area contributed by atoms with Crippen LogP contribution in [0.25, 0.3) is 0 Å². The maximum Gasteiger partial charge on any atom is 0.323 e. The van der Waals surface area contributed by atoms with Crippen LogP contribution < -0.4 is 22.7 Å². The Morgan fingerprint density at radius 1 is 1.33 bits per heavy atom. The van der Waals surface area contributed by atoms with Gasteiger partial charge in [0.2, 0.25) is 5.96 Å². The van der Waals surface area contributed by atoms with Gasteiger partial charge < -0.3 is 16.6 Å². The Balaban J connectivity index is 4.14. The van der Waals surface area contributed by atoms with E-state index >= 15 is 0 Å². The number of nitrogens with one attached hydrogen (secondary N) is 1. The number of carbonyl (C=O) groups is 1. The molecule has 0 aliphatic carbocycles. The molecule has 18 heavy (non-hydrogen) atoms. The van der Waals surface area contributed by atoms with Gasteiger partial charge in [-0.25, -0.2) is 5.84 Å². The summed E-state index contributed by atoms with van der Waals surface area (Å²) in [6.07, 6.45) is 4.30. The number of carboxylic acids is 1. The first-order valence-corrected chi connectivity index (χ1v) is 6.25. The highest BCUT2D eigenvalue weighted by Gasteiger charge is 2.32. The molecular weight excluding hydrogens is 234 g/mol. The predicted octanol–water partition coefficient (Wildman–Crippen LogP) is -0.0930. The SMILES string of the molecule is CCCCC[C@](N)(CCCN=C(N)NN)C(=O)O. The summed E-state index contributed by atoms with van der Waals surface area (Å²) in [7, 11) is 0. The zero-order valence-corrected chi connectivity index (χ0v) is 11.0. The first-order valence-electron chi connectivity index (χ1n) is 6.25. The minimum atomic E-state index is -1.16. The summed E-state index contributed by atoms with van der Waals surface area (Å²) in [5.74, 6) is 4.23. The molecule has 0 amide bonds. The average Bonchev–Trinajstić information content (AvgIpc) is 2.34. The smallest absolute Gasteiger partial charge is 0.323 e. The molecule has 0 saturated carbocycles. The summed E-state index contributed by atoms with van der Waals surface area (Å²) >= 11 is 0. The van der Waals surface area contributed by atoms with Crippen LogP contribution >= 0.6 is 0 Å². The standard InChI is InChI=1S/C11H25N5O2/c1-2-3-4-6-11(13,9(17)18)7-5-8-15-10(12)16-14/h2-8,13-14H2,1H3,(H,17,18)(H3,12,15,16)/t11-/m0/s1. The highest BCUT2D eigenvalue weighted by atomic mass is 16.4. The van der Waals surface area contributed by atoms with Crippen molar-refractivity contribution >= 4 is 11.9 Å². The van der Waals surface area contributed by atoms with E-state index in [0.717, 1.165) is 19.3 Å². The Kier molecular flexibility index (Phi) is 8.06. The summed E-state index contributed by atoms with van der Waals surface area (Å²) in [6, 6.07) is 0. The van der Waals surface area contributed by atoms with E-state index in [4.69, 9.17) is 22.4 Å². The fourth-order valence-corrected chi connectivity index (χ4v) is 1.67. The van der Waals surface area contributed by atoms with Crippen LogP contribution in [0, 0.1) is 0 Å². The van der Waals surface area contributed by atoms with Crippen LogP contribution in [-0.2, 0) is 4.79 Å². The summed E-state index contributed by atoms with van der Waals surface area (Å²) < 4.78 is 0. The highest BCUT2D eigenvalue weighted by Crippen LogP contribution is 2.18. The second kappa shape index (κ2) is 8.71. The van der Waals surface area contributed by atoms with Crippen LogP contribution in [0.1, 0.15) is 45.4 Å². The van der Waals surface area contributed by atoms with Crippen LogP contribution in [0.2, 0.25) is 0 Å². The Morgan fingerprint density at radius 3 is 2.44 bits per heavy atom. The maximum absolute atomic E-state index is 11.2. The van der Waals surface area contributed by atoms with Crippen LogP contribution in [0.4, 0.5) is 0 Å². The average molecular weight is 259 g/mol. The molecule has 0 aromatic carbocycles. The molecule has 0 aromatic rings. The fourth-order valence-electron chi connectivity index (χ4n) is 1.67. The summed E-state index contributed by atoms with van der Waals surface area (Å²) in [5.41, 5.74) is 12.3. The number of hydrogen-bond donors (Lipinski definition) is 5. The van der Waals surface area contributed by atoms with Gasteiger partial charge >= 0.3 is 5.97 Å². The lowest BCUT2D eigenvalue weighted by Gasteiger charge is -2.24. The molecule has 0 spiro atoms. The van der Waals surface area contributed by atoms with Gasteiger partial charge in [-0.15, -0.1) is 0 Å². The molecule has 8 N–H and O–H groups in total. The number of hydrogen-bond acceptors (Lipinski definition) is 4. The fraction of sp³-hybridized carbons (Fsp3) is 0.818. The molecule has 0 radical (unpaired) electrons. The third kappa shape index (κ3) is 6.41. The molecule has 0 rings (SSSR count). The van der Waals surface area contributed by atoms with Crippen LogP contribution in [0.3, 0.4) is 0 Å². The normalized spacial score (nSPS) is 15.2. The summed E-state index contributed by atoms with van der Waals surface area (Å²) in [4.78, 5) is 15.1. The quantitative estimate of drug-likeness (QED) is 0.129. The predicted molar refractivity (Wildman–Crippen MR) is 71.7 cm³/mol. The van der Waals surface area contributed by atoms with Crippen molar-refractivity contribution in [2.24, 2.45) is 22.3 Å². The van der Waals surface area contributed by atoms with Gasteiger partial charge in [-0.1, -0.05) is 26.2 Å². The molecule has 0 aliphatic rings. The molecule has 0 bridgehead atoms. The monoisotopic (exact) mass is 259 g/mol. The second-order valence-corrected chi connectivity index (χ2v) is 4.43. The van der Waals surface area contributed by atoms with Crippen LogP contribution in [-0.4, -0.2) is 29.1 Å². The van der Waals surface area contributed by atoms with Gasteiger partial charge in [-0.2, -0.15) is 0 Å². The number of rotatable bonds is 9. The maximum atomic E-state index is 11.2. The van der Waals surface area contributed by atoms with Crippen molar-refractivity contribution in [1.29, 1.82) is 0 Å². The third-order valence-electron chi connectivity index (χ3n) is 2.86. The molecule has 0 unspecified atom stereocenters. The molecule has 0 heterocycles. The van der Waals surface area contributed by atoms with Gasteiger partial charge in [0.05, 0.1) is 0 Å². The minimum absolute atomic E-state index is 0.138. The third-order valence-corrected chi connectivity index (χ3v) is 2.86. The van der Waals surface area contributed by atoms with Gasteiger partial charge in [0.25, 0.3) is 0 Å². The van der Waals surface area contributed by atoms with Gasteiger partial charge in [0.15, 0.2) is 0 Å². The number of aliphatic imine (C=N–C) groups is 1. The van der Waals surface area contributed by atoms with Crippen LogP contribution in [0.5, 0.6) is 0 Å². The van der Waals surface area contributed by atoms with E-state index in [1.54, 1.807) is 0 Å². The van der Waals surface area contributed by atoms with Crippen molar-refractivity contribution in [3.05, 3.63) is 0 Å². The van der Waals surface area contributed by atoms with E-state index in [-0.39, 0.29) is 5.96 Å². The van der Waals surface area contributed by atoms with E-state index in [9.17, 15) is 4.79 Å². The molecule has 0 aliphatic heterocycles. The summed E-state index contributed by atoms with van der Waals surface area (Å²) in [5, 5.41) is 9.17. The van der Waals surface area contributed by atoms with Gasteiger partial charge in [-0.05, 0) is 19.3 Å². The molecule has 1 atom stereocenters. The zero-order chi connectivity index (χ0) is 14.0. The van der Waals surface area contributed by atoms with Crippen molar-refractivity contribution in [3.8, 4) is 0 Å². The molecule has 7 nitrogen and oxygen atoms in total. The highest BCUT2D eigenvalue weighted by molar-refractivity contribution is 5.78. The van der Waals surface area contributed by atoms with E-state index in [2.05, 4.69) is 17.3 Å². The first kappa shape index (κ1) is 16.7. The number of guanidine groups is 1. The van der Waals surface area contributed by atoms with Crippen molar-refractivity contribution in [2.45, 2.75) is 51.0 Å². The lowest BCUT2D eigenvalue weighted by atomic mass is 9.88. The van der Waals surface area contributed by atoms with Gasteiger partial charge in [-0.3, -0.25) is 15.2 Å². The molecule has 0 aromatic heterocycles. The van der Waals surface area contributed by atoms with Crippen molar-refractivity contribution in [2.75, 3.05) is 6.54 Å². The number of nitrogens with zero attached hydrogens (tertiary/aromatic N) is 1. The molecule has 106 valence electrons. The largest absolute Gasteiger partial charge is 0.480 e. The Bertz CT molecular complexity index is 283. The molecular formula is C11H25N5O2. The van der Waals surface area contributed by atoms with Gasteiger partial charge in [0, 0.05) is 6.54 Å². The van der Waals surface area contributed by atoms with Crippen molar-refractivity contribution in [1.82, 2.24) is 5.43 Å².